The first-order valence-corrected chi connectivity index (χ1v) is 4.99. The van der Waals surface area contributed by atoms with Crippen LogP contribution in [-0.4, -0.2) is 17.4 Å². The minimum atomic E-state index is -0.0259. The van der Waals surface area contributed by atoms with E-state index in [1.165, 1.54) is 6.92 Å². The summed E-state index contributed by atoms with van der Waals surface area (Å²) in [6.07, 6.45) is 7.28. The van der Waals surface area contributed by atoms with Gasteiger partial charge in [0.25, 0.3) is 0 Å². The molecule has 74 valence electrons. The summed E-state index contributed by atoms with van der Waals surface area (Å²) in [6, 6.07) is 1.96. The van der Waals surface area contributed by atoms with Gasteiger partial charge in [0.2, 0.25) is 5.91 Å². The van der Waals surface area contributed by atoms with Crippen LogP contribution in [0.1, 0.15) is 12.5 Å². The Hall–Kier alpha value is -1.16. The van der Waals surface area contributed by atoms with Crippen LogP contribution in [-0.2, 0) is 4.79 Å². The van der Waals surface area contributed by atoms with E-state index in [0.717, 1.165) is 10.0 Å². The Labute approximate surface area is 91.4 Å². The van der Waals surface area contributed by atoms with Crippen molar-refractivity contribution in [2.75, 3.05) is 6.54 Å². The number of pyridine rings is 1. The molecule has 0 atom stereocenters. The Morgan fingerprint density at radius 3 is 3.07 bits per heavy atom. The smallest absolute Gasteiger partial charge is 0.217 e. The average molecular weight is 255 g/mol. The van der Waals surface area contributed by atoms with Gasteiger partial charge in [-0.05, 0) is 27.6 Å². The standard InChI is InChI=1S/C10H11BrN2O/c1-8(14)13-4-2-3-9-5-10(11)7-12-6-9/h2-3,5-7H,4H2,1H3,(H,13,14). The minimum Gasteiger partial charge on any atom is -0.353 e. The third-order valence-corrected chi connectivity index (χ3v) is 1.94. The molecule has 1 heterocycles. The third kappa shape index (κ3) is 4.18. The van der Waals surface area contributed by atoms with Gasteiger partial charge in [-0.15, -0.1) is 0 Å². The van der Waals surface area contributed by atoms with Crippen molar-refractivity contribution in [3.8, 4) is 0 Å². The van der Waals surface area contributed by atoms with Crippen LogP contribution in [0.2, 0.25) is 0 Å². The number of rotatable bonds is 3. The van der Waals surface area contributed by atoms with E-state index in [4.69, 9.17) is 0 Å². The first kappa shape index (κ1) is 10.9. The molecular formula is C10H11BrN2O. The molecule has 4 heteroatoms. The van der Waals surface area contributed by atoms with Gasteiger partial charge in [0, 0.05) is 30.3 Å². The number of nitrogens with zero attached hydrogens (tertiary/aromatic N) is 1. The zero-order chi connectivity index (χ0) is 10.4. The van der Waals surface area contributed by atoms with Crippen LogP contribution in [0.15, 0.2) is 29.0 Å². The Kier molecular flexibility index (Phi) is 4.32. The fraction of sp³-hybridized carbons (Fsp3) is 0.200. The second-order valence-corrected chi connectivity index (χ2v) is 3.69. The number of nitrogens with one attached hydrogen (secondary N) is 1. The zero-order valence-electron chi connectivity index (χ0n) is 7.83. The summed E-state index contributed by atoms with van der Waals surface area (Å²) in [6.45, 7) is 2.04. The zero-order valence-corrected chi connectivity index (χ0v) is 9.41. The van der Waals surface area contributed by atoms with Crippen LogP contribution in [0.25, 0.3) is 6.08 Å². The number of amides is 1. The van der Waals surface area contributed by atoms with E-state index in [9.17, 15) is 4.79 Å². The molecule has 1 amide bonds. The number of hydrogen-bond acceptors (Lipinski definition) is 2. The molecule has 3 nitrogen and oxygen atoms in total. The van der Waals surface area contributed by atoms with Crippen LogP contribution in [0.4, 0.5) is 0 Å². The van der Waals surface area contributed by atoms with E-state index in [1.54, 1.807) is 12.4 Å². The number of carbonyl (C=O) groups is 1. The molecule has 1 aromatic rings. The molecule has 0 aliphatic rings. The SMILES string of the molecule is CC(=O)NCC=Cc1cncc(Br)c1. The van der Waals surface area contributed by atoms with Gasteiger partial charge >= 0.3 is 0 Å². The number of hydrogen-bond donors (Lipinski definition) is 1. The van der Waals surface area contributed by atoms with E-state index in [-0.39, 0.29) is 5.91 Å². The molecule has 14 heavy (non-hydrogen) atoms. The van der Waals surface area contributed by atoms with Crippen LogP contribution >= 0.6 is 15.9 Å². The van der Waals surface area contributed by atoms with Crippen molar-refractivity contribution in [2.45, 2.75) is 6.92 Å². The molecule has 0 saturated heterocycles. The van der Waals surface area contributed by atoms with Crippen molar-refractivity contribution < 1.29 is 4.79 Å². The van der Waals surface area contributed by atoms with Crippen LogP contribution in [0.5, 0.6) is 0 Å². The molecule has 0 aliphatic heterocycles. The average Bonchev–Trinajstić information content (AvgIpc) is 2.12. The van der Waals surface area contributed by atoms with Gasteiger partial charge in [-0.25, -0.2) is 0 Å². The maximum atomic E-state index is 10.5. The maximum absolute atomic E-state index is 10.5. The molecule has 1 rings (SSSR count). The number of halogens is 1. The summed E-state index contributed by atoms with van der Waals surface area (Å²) in [7, 11) is 0. The molecule has 0 bridgehead atoms. The van der Waals surface area contributed by atoms with Gasteiger partial charge in [-0.3, -0.25) is 9.78 Å². The highest BCUT2D eigenvalue weighted by molar-refractivity contribution is 9.10. The van der Waals surface area contributed by atoms with Gasteiger partial charge in [0.15, 0.2) is 0 Å². The number of carbonyl (C=O) groups excluding carboxylic acids is 1. The van der Waals surface area contributed by atoms with E-state index in [0.29, 0.717) is 6.54 Å². The fourth-order valence-electron chi connectivity index (χ4n) is 0.917. The molecule has 0 aromatic carbocycles. The highest BCUT2D eigenvalue weighted by Gasteiger charge is 1.89. The Bertz CT molecular complexity index is 350. The first-order valence-electron chi connectivity index (χ1n) is 4.20. The monoisotopic (exact) mass is 254 g/mol. The summed E-state index contributed by atoms with van der Waals surface area (Å²) in [5, 5.41) is 2.67. The topological polar surface area (TPSA) is 42.0 Å². The van der Waals surface area contributed by atoms with E-state index in [2.05, 4.69) is 26.2 Å². The molecular weight excluding hydrogens is 244 g/mol. The van der Waals surface area contributed by atoms with Crippen LogP contribution in [0, 0.1) is 0 Å². The lowest BCUT2D eigenvalue weighted by atomic mass is 10.2. The lowest BCUT2D eigenvalue weighted by Crippen LogP contribution is -2.19. The Balaban J connectivity index is 2.47. The van der Waals surface area contributed by atoms with Crippen molar-refractivity contribution >= 4 is 27.9 Å². The lowest BCUT2D eigenvalue weighted by molar-refractivity contribution is -0.118. The van der Waals surface area contributed by atoms with Gasteiger partial charge in [0.1, 0.15) is 0 Å². The quantitative estimate of drug-likeness (QED) is 0.897. The second-order valence-electron chi connectivity index (χ2n) is 2.78. The second kappa shape index (κ2) is 5.54. The fourth-order valence-corrected chi connectivity index (χ4v) is 1.30. The van der Waals surface area contributed by atoms with E-state index >= 15 is 0 Å². The lowest BCUT2D eigenvalue weighted by Gasteiger charge is -1.95. The summed E-state index contributed by atoms with van der Waals surface area (Å²) in [4.78, 5) is 14.6. The van der Waals surface area contributed by atoms with Gasteiger partial charge in [-0.1, -0.05) is 12.2 Å². The molecule has 0 aliphatic carbocycles. The Morgan fingerprint density at radius 2 is 2.43 bits per heavy atom. The van der Waals surface area contributed by atoms with E-state index < -0.39 is 0 Å². The minimum absolute atomic E-state index is 0.0259. The van der Waals surface area contributed by atoms with E-state index in [1.807, 2.05) is 18.2 Å². The molecule has 1 aromatic heterocycles. The molecule has 0 radical (unpaired) electrons. The molecule has 0 spiro atoms. The maximum Gasteiger partial charge on any atom is 0.217 e. The predicted octanol–water partition coefficient (Wildman–Crippen LogP) is 1.99. The predicted molar refractivity (Wildman–Crippen MR) is 59.7 cm³/mol. The Morgan fingerprint density at radius 1 is 1.64 bits per heavy atom. The van der Waals surface area contributed by atoms with Gasteiger partial charge in [0.05, 0.1) is 0 Å². The van der Waals surface area contributed by atoms with Crippen molar-refractivity contribution in [1.82, 2.24) is 10.3 Å². The van der Waals surface area contributed by atoms with Gasteiger partial charge < -0.3 is 5.32 Å². The van der Waals surface area contributed by atoms with Gasteiger partial charge in [-0.2, -0.15) is 0 Å². The molecule has 1 N–H and O–H groups in total. The normalized spacial score (nSPS) is 10.4. The molecule has 0 saturated carbocycles. The van der Waals surface area contributed by atoms with Crippen molar-refractivity contribution in [2.24, 2.45) is 0 Å². The highest BCUT2D eigenvalue weighted by atomic mass is 79.9. The molecule has 0 unspecified atom stereocenters. The summed E-state index contributed by atoms with van der Waals surface area (Å²) in [5.74, 6) is -0.0259. The largest absolute Gasteiger partial charge is 0.353 e. The first-order chi connectivity index (χ1) is 6.68. The van der Waals surface area contributed by atoms with Crippen molar-refractivity contribution in [1.29, 1.82) is 0 Å². The highest BCUT2D eigenvalue weighted by Crippen LogP contribution is 2.10. The number of aromatic nitrogens is 1. The summed E-state index contributed by atoms with van der Waals surface area (Å²) >= 11 is 3.33. The van der Waals surface area contributed by atoms with Crippen LogP contribution in [0.3, 0.4) is 0 Å². The van der Waals surface area contributed by atoms with Crippen LogP contribution < -0.4 is 5.32 Å². The summed E-state index contributed by atoms with van der Waals surface area (Å²) < 4.78 is 0.944. The third-order valence-electron chi connectivity index (χ3n) is 1.51. The van der Waals surface area contributed by atoms with Crippen molar-refractivity contribution in [3.63, 3.8) is 0 Å². The summed E-state index contributed by atoms with van der Waals surface area (Å²) in [5.41, 5.74) is 1.00. The molecule has 0 fully saturated rings. The van der Waals surface area contributed by atoms with Crippen molar-refractivity contribution in [3.05, 3.63) is 34.6 Å².